The molecule has 1 rings (SSSR count). The molecule has 0 fully saturated rings. The zero-order valence-electron chi connectivity index (χ0n) is 6.79. The Bertz CT molecular complexity index is 286. The number of nitrogens with two attached hydrogens (primary N) is 1. The molecule has 1 aromatic heterocycles. The molecule has 0 aliphatic carbocycles. The van der Waals surface area contributed by atoms with Crippen molar-refractivity contribution in [3.05, 3.63) is 16.2 Å². The van der Waals surface area contributed by atoms with Gasteiger partial charge in [0.05, 0.1) is 0 Å². The zero-order valence-corrected chi connectivity index (χ0v) is 10.3. The summed E-state index contributed by atoms with van der Waals surface area (Å²) in [6.07, 6.45) is 0. The Labute approximate surface area is 102 Å². The molecule has 66 valence electrons. The molecule has 0 atom stereocenters. The summed E-state index contributed by atoms with van der Waals surface area (Å²) in [6.45, 7) is -0.250. The first-order chi connectivity index (χ1) is 6.02. The third-order valence-corrected chi connectivity index (χ3v) is 2.85. The van der Waals surface area contributed by atoms with Crippen LogP contribution in [0.15, 0.2) is 6.07 Å². The normalized spacial score (nSPS) is 8.62. The van der Waals surface area contributed by atoms with Crippen molar-refractivity contribution in [3.8, 4) is 0 Å². The Morgan fingerprint density at radius 3 is 2.46 bits per heavy atom. The van der Waals surface area contributed by atoms with Crippen LogP contribution in [0.1, 0.15) is 0 Å². The maximum Gasteiger partial charge on any atom is 0.290 e. The average Bonchev–Trinajstić information content (AvgIpc) is 2.01. The van der Waals surface area contributed by atoms with E-state index in [2.05, 4.69) is 4.98 Å². The van der Waals surface area contributed by atoms with E-state index >= 15 is 0 Å². The number of hydrogen-bond donors (Lipinski definition) is 2. The number of carboxylic acid groups (broad SMARTS) is 1. The van der Waals surface area contributed by atoms with Crippen LogP contribution < -0.4 is 8.68 Å². The SMILES string of the molecule is Nc1cc(Cl)n[c]([Na])c1Cl.O=CO. The number of halogens is 2. The van der Waals surface area contributed by atoms with Gasteiger partial charge in [0.1, 0.15) is 0 Å². The first-order valence-corrected chi connectivity index (χ1v) is 4.94. The van der Waals surface area contributed by atoms with Gasteiger partial charge in [-0.1, -0.05) is 0 Å². The predicted octanol–water partition coefficient (Wildman–Crippen LogP) is 0.465. The Hall–Kier alpha value is -0.000000000000000222. The van der Waals surface area contributed by atoms with E-state index in [1.807, 2.05) is 0 Å². The van der Waals surface area contributed by atoms with E-state index in [1.165, 1.54) is 0 Å². The second-order valence-electron chi connectivity index (χ2n) is 2.04. The van der Waals surface area contributed by atoms with Crippen molar-refractivity contribution in [3.63, 3.8) is 0 Å². The van der Waals surface area contributed by atoms with Crippen LogP contribution in [-0.4, -0.2) is 44.5 Å². The monoisotopic (exact) mass is 230 g/mol. The molecule has 1 aromatic rings. The van der Waals surface area contributed by atoms with E-state index in [0.717, 1.165) is 30.9 Å². The smallest absolute Gasteiger partial charge is 0.290 e. The molecule has 0 spiro atoms. The molecule has 1 heterocycles. The van der Waals surface area contributed by atoms with E-state index in [0.29, 0.717) is 15.9 Å². The van der Waals surface area contributed by atoms with Gasteiger partial charge in [-0.25, -0.2) is 0 Å². The van der Waals surface area contributed by atoms with Crippen molar-refractivity contribution in [1.82, 2.24) is 4.98 Å². The summed E-state index contributed by atoms with van der Waals surface area (Å²) >= 11 is 12.1. The van der Waals surface area contributed by atoms with Gasteiger partial charge in [0.15, 0.2) is 0 Å². The third-order valence-electron chi connectivity index (χ3n) is 1.12. The Balaban J connectivity index is 0.000000424. The molecule has 0 unspecified atom stereocenters. The molecule has 0 saturated heterocycles. The average molecular weight is 231 g/mol. The molecular formula is C6H5Cl2N2NaO2. The number of nitrogens with zero attached hydrogens (tertiary/aromatic N) is 1. The summed E-state index contributed by atoms with van der Waals surface area (Å²) in [5, 5.41) is 7.84. The number of nitrogen functional groups attached to an aromatic ring is 1. The maximum absolute atomic E-state index is 8.36. The molecule has 3 N–H and O–H groups in total. The van der Waals surface area contributed by atoms with Crippen molar-refractivity contribution in [2.75, 3.05) is 5.73 Å². The molecule has 7 heteroatoms. The summed E-state index contributed by atoms with van der Waals surface area (Å²) in [4.78, 5) is 12.3. The van der Waals surface area contributed by atoms with Crippen molar-refractivity contribution >= 4 is 66.2 Å². The van der Waals surface area contributed by atoms with Crippen LogP contribution in [0.3, 0.4) is 0 Å². The van der Waals surface area contributed by atoms with Gasteiger partial charge >= 0.3 is 86.7 Å². The molecule has 0 amide bonds. The summed E-state index contributed by atoms with van der Waals surface area (Å²) in [5.74, 6) is 0. The van der Waals surface area contributed by atoms with Crippen molar-refractivity contribution in [2.45, 2.75) is 0 Å². The minimum atomic E-state index is -0.250. The molecule has 0 aliphatic rings. The van der Waals surface area contributed by atoms with Gasteiger partial charge in [-0.3, -0.25) is 4.79 Å². The van der Waals surface area contributed by atoms with E-state index in [9.17, 15) is 0 Å². The fourth-order valence-corrected chi connectivity index (χ4v) is 1.65. The minimum absolute atomic E-state index is 0.250. The first kappa shape index (κ1) is 13.0. The molecule has 0 aromatic carbocycles. The van der Waals surface area contributed by atoms with Gasteiger partial charge in [-0.2, -0.15) is 0 Å². The van der Waals surface area contributed by atoms with E-state index in [1.54, 1.807) is 6.07 Å². The number of aromatic nitrogens is 1. The van der Waals surface area contributed by atoms with Crippen LogP contribution in [0.25, 0.3) is 0 Å². The van der Waals surface area contributed by atoms with Crippen LogP contribution in [0, 0.1) is 0 Å². The van der Waals surface area contributed by atoms with Crippen molar-refractivity contribution in [2.24, 2.45) is 0 Å². The number of anilines is 1. The van der Waals surface area contributed by atoms with E-state index < -0.39 is 0 Å². The quantitative estimate of drug-likeness (QED) is 0.386. The summed E-state index contributed by atoms with van der Waals surface area (Å²) in [6, 6.07) is 1.55. The largest absolute Gasteiger partial charge is 0.483 e. The van der Waals surface area contributed by atoms with Gasteiger partial charge < -0.3 is 5.11 Å². The van der Waals surface area contributed by atoms with Crippen LogP contribution in [0.4, 0.5) is 5.69 Å². The third kappa shape index (κ3) is 4.69. The van der Waals surface area contributed by atoms with Gasteiger partial charge in [-0.15, -0.1) is 0 Å². The predicted molar refractivity (Wildman–Crippen MR) is 52.8 cm³/mol. The van der Waals surface area contributed by atoms with Gasteiger partial charge in [0, 0.05) is 0 Å². The number of rotatable bonds is 0. The van der Waals surface area contributed by atoms with Crippen LogP contribution in [0.2, 0.25) is 10.2 Å². The number of hydrogen-bond acceptors (Lipinski definition) is 3. The second kappa shape index (κ2) is 6.45. The minimum Gasteiger partial charge on any atom is -0.483 e. The maximum atomic E-state index is 8.36. The van der Waals surface area contributed by atoms with Crippen LogP contribution in [0.5, 0.6) is 0 Å². The summed E-state index contributed by atoms with van der Waals surface area (Å²) in [7, 11) is 0. The molecule has 0 radical (unpaired) electrons. The standard InChI is InChI=1S/C5H3Cl2N2.CH2O2.Na/c6-3-2-9-5(7)1-4(3)8;2-1-3;/h1H,(H2,8,9);1H,(H,2,3);. The second-order valence-corrected chi connectivity index (χ2v) is 3.75. The Morgan fingerprint density at radius 2 is 2.08 bits per heavy atom. The number of carbonyl (C=O) groups is 1. The van der Waals surface area contributed by atoms with E-state index in [4.69, 9.17) is 38.8 Å². The van der Waals surface area contributed by atoms with Gasteiger partial charge in [-0.05, 0) is 0 Å². The van der Waals surface area contributed by atoms with Gasteiger partial charge in [0.2, 0.25) is 0 Å². The fourth-order valence-electron chi connectivity index (χ4n) is 0.642. The zero-order chi connectivity index (χ0) is 10.4. The first-order valence-electron chi connectivity index (χ1n) is 3.19. The number of pyridine rings is 1. The molecule has 0 aliphatic heterocycles. The van der Waals surface area contributed by atoms with Crippen molar-refractivity contribution in [1.29, 1.82) is 0 Å². The van der Waals surface area contributed by atoms with Gasteiger partial charge in [0.25, 0.3) is 6.47 Å². The summed E-state index contributed by atoms with van der Waals surface area (Å²) in [5.41, 5.74) is 5.99. The van der Waals surface area contributed by atoms with Crippen molar-refractivity contribution < 1.29 is 9.90 Å². The fraction of sp³-hybridized carbons (Fsp3) is 0. The van der Waals surface area contributed by atoms with Crippen LogP contribution in [-0.2, 0) is 4.79 Å². The van der Waals surface area contributed by atoms with Crippen LogP contribution >= 0.6 is 23.2 Å². The molecule has 13 heavy (non-hydrogen) atoms. The topological polar surface area (TPSA) is 76.2 Å². The van der Waals surface area contributed by atoms with E-state index in [-0.39, 0.29) is 6.47 Å². The summed E-state index contributed by atoms with van der Waals surface area (Å²) < 4.78 is 0.798. The molecule has 0 saturated carbocycles. The Kier molecular flexibility index (Phi) is 6.45. The Morgan fingerprint density at radius 1 is 1.62 bits per heavy atom. The molecular weight excluding hydrogens is 226 g/mol. The molecule has 0 bridgehead atoms. The molecule has 4 nitrogen and oxygen atoms in total.